The van der Waals surface area contributed by atoms with Gasteiger partial charge in [-0.25, -0.2) is 0 Å². The summed E-state index contributed by atoms with van der Waals surface area (Å²) in [4.78, 5) is 14.0. The second-order valence-corrected chi connectivity index (χ2v) is 6.26. The Hall–Kier alpha value is -1.19. The van der Waals surface area contributed by atoms with Crippen molar-refractivity contribution in [3.05, 3.63) is 35.9 Å². The molecule has 1 saturated heterocycles. The Bertz CT molecular complexity index is 424. The summed E-state index contributed by atoms with van der Waals surface area (Å²) in [5, 5.41) is 9.65. The molecule has 2 rings (SSSR count). The van der Waals surface area contributed by atoms with Crippen LogP contribution in [0.4, 0.5) is 0 Å². The van der Waals surface area contributed by atoms with Gasteiger partial charge in [0.15, 0.2) is 0 Å². The highest BCUT2D eigenvalue weighted by atomic mass is 16.3. The lowest BCUT2D eigenvalue weighted by atomic mass is 9.82. The Balaban J connectivity index is 2.00. The Labute approximate surface area is 121 Å². The SMILES string of the molecule is CC(O)C1CCN(CC(C)(C=O)c2ccccc2)CC1. The molecule has 2 atom stereocenters. The van der Waals surface area contributed by atoms with Crippen molar-refractivity contribution in [2.45, 2.75) is 38.2 Å². The smallest absolute Gasteiger partial charge is 0.131 e. The Morgan fingerprint density at radius 3 is 2.45 bits per heavy atom. The first-order valence-corrected chi connectivity index (χ1v) is 7.47. The minimum atomic E-state index is -0.446. The standard InChI is InChI=1S/C17H25NO2/c1-14(20)15-8-10-18(11-9-15)12-17(2,13-19)16-6-4-3-5-7-16/h3-7,13-15,20H,8-12H2,1-2H3. The van der Waals surface area contributed by atoms with Crippen molar-refractivity contribution in [3.63, 3.8) is 0 Å². The molecule has 20 heavy (non-hydrogen) atoms. The summed E-state index contributed by atoms with van der Waals surface area (Å²) in [6.45, 7) is 6.57. The average molecular weight is 275 g/mol. The van der Waals surface area contributed by atoms with Crippen molar-refractivity contribution < 1.29 is 9.90 Å². The van der Waals surface area contributed by atoms with Gasteiger partial charge in [-0.15, -0.1) is 0 Å². The maximum absolute atomic E-state index is 11.6. The highest BCUT2D eigenvalue weighted by Crippen LogP contribution is 2.26. The minimum Gasteiger partial charge on any atom is -0.393 e. The van der Waals surface area contributed by atoms with E-state index in [1.807, 2.05) is 44.2 Å². The number of aldehydes is 1. The second-order valence-electron chi connectivity index (χ2n) is 6.26. The van der Waals surface area contributed by atoms with E-state index in [9.17, 15) is 9.90 Å². The molecule has 0 aliphatic carbocycles. The molecule has 0 aromatic heterocycles. The van der Waals surface area contributed by atoms with Gasteiger partial charge in [0.1, 0.15) is 6.29 Å². The molecule has 3 heteroatoms. The van der Waals surface area contributed by atoms with Crippen molar-refractivity contribution in [1.29, 1.82) is 0 Å². The van der Waals surface area contributed by atoms with Crippen molar-refractivity contribution in [3.8, 4) is 0 Å². The number of carbonyl (C=O) groups excluding carboxylic acids is 1. The molecule has 1 aromatic rings. The van der Waals surface area contributed by atoms with Gasteiger partial charge in [-0.3, -0.25) is 0 Å². The van der Waals surface area contributed by atoms with E-state index in [1.54, 1.807) is 0 Å². The summed E-state index contributed by atoms with van der Waals surface area (Å²) < 4.78 is 0. The van der Waals surface area contributed by atoms with Crippen LogP contribution in [0.2, 0.25) is 0 Å². The molecule has 2 unspecified atom stereocenters. The largest absolute Gasteiger partial charge is 0.393 e. The third kappa shape index (κ3) is 3.47. The van der Waals surface area contributed by atoms with Gasteiger partial charge in [-0.1, -0.05) is 30.3 Å². The number of nitrogens with zero attached hydrogens (tertiary/aromatic N) is 1. The van der Waals surface area contributed by atoms with Gasteiger partial charge in [0.25, 0.3) is 0 Å². The monoisotopic (exact) mass is 275 g/mol. The summed E-state index contributed by atoms with van der Waals surface area (Å²) in [7, 11) is 0. The first-order valence-electron chi connectivity index (χ1n) is 7.47. The topological polar surface area (TPSA) is 40.5 Å². The number of aliphatic hydroxyl groups excluding tert-OH is 1. The van der Waals surface area contributed by atoms with Crippen molar-refractivity contribution in [2.24, 2.45) is 5.92 Å². The molecule has 1 aromatic carbocycles. The molecule has 1 aliphatic rings. The lowest BCUT2D eigenvalue weighted by Gasteiger charge is -2.37. The van der Waals surface area contributed by atoms with Gasteiger partial charge in [-0.05, 0) is 51.3 Å². The zero-order valence-electron chi connectivity index (χ0n) is 12.5. The van der Waals surface area contributed by atoms with E-state index in [0.29, 0.717) is 5.92 Å². The van der Waals surface area contributed by atoms with E-state index in [2.05, 4.69) is 4.90 Å². The summed E-state index contributed by atoms with van der Waals surface area (Å²) in [6, 6.07) is 9.99. The van der Waals surface area contributed by atoms with E-state index in [4.69, 9.17) is 0 Å². The van der Waals surface area contributed by atoms with Crippen LogP contribution in [0.1, 0.15) is 32.3 Å². The molecule has 3 nitrogen and oxygen atoms in total. The maximum atomic E-state index is 11.6. The summed E-state index contributed by atoms with van der Waals surface area (Å²) in [6.07, 6.45) is 2.88. The van der Waals surface area contributed by atoms with E-state index < -0.39 is 5.41 Å². The third-order valence-electron chi connectivity index (χ3n) is 4.56. The summed E-state index contributed by atoms with van der Waals surface area (Å²) in [5.41, 5.74) is 0.631. The van der Waals surface area contributed by atoms with Gasteiger partial charge >= 0.3 is 0 Å². The second kappa shape index (κ2) is 6.51. The van der Waals surface area contributed by atoms with Gasteiger partial charge in [0.05, 0.1) is 11.5 Å². The first kappa shape index (κ1) is 15.2. The molecular weight excluding hydrogens is 250 g/mol. The molecule has 1 N–H and O–H groups in total. The van der Waals surface area contributed by atoms with Crippen LogP contribution in [0.3, 0.4) is 0 Å². The fraction of sp³-hybridized carbons (Fsp3) is 0.588. The van der Waals surface area contributed by atoms with Crippen LogP contribution < -0.4 is 0 Å². The molecule has 1 aliphatic heterocycles. The van der Waals surface area contributed by atoms with Gasteiger partial charge < -0.3 is 14.8 Å². The van der Waals surface area contributed by atoms with Crippen molar-refractivity contribution in [1.82, 2.24) is 4.90 Å². The molecule has 0 radical (unpaired) electrons. The number of rotatable bonds is 5. The quantitative estimate of drug-likeness (QED) is 0.838. The van der Waals surface area contributed by atoms with E-state index in [0.717, 1.165) is 44.3 Å². The van der Waals surface area contributed by atoms with Crippen LogP contribution in [-0.2, 0) is 10.2 Å². The number of hydrogen-bond donors (Lipinski definition) is 1. The van der Waals surface area contributed by atoms with Crippen molar-refractivity contribution >= 4 is 6.29 Å². The third-order valence-corrected chi connectivity index (χ3v) is 4.56. The molecule has 1 heterocycles. The fourth-order valence-corrected chi connectivity index (χ4v) is 3.07. The number of aliphatic hydroxyl groups is 1. The lowest BCUT2D eigenvalue weighted by molar-refractivity contribution is -0.113. The first-order chi connectivity index (χ1) is 9.55. The molecule has 0 bridgehead atoms. The maximum Gasteiger partial charge on any atom is 0.131 e. The molecule has 1 fully saturated rings. The van der Waals surface area contributed by atoms with Crippen LogP contribution in [0, 0.1) is 5.92 Å². The molecule has 110 valence electrons. The lowest BCUT2D eigenvalue weighted by Crippen LogP contribution is -2.45. The zero-order chi connectivity index (χ0) is 14.6. The molecular formula is C17H25NO2. The fourth-order valence-electron chi connectivity index (χ4n) is 3.07. The Morgan fingerprint density at radius 1 is 1.35 bits per heavy atom. The Kier molecular flexibility index (Phi) is 4.95. The van der Waals surface area contributed by atoms with Crippen LogP contribution in [0.5, 0.6) is 0 Å². The number of likely N-dealkylation sites (tertiary alicyclic amines) is 1. The number of benzene rings is 1. The van der Waals surface area contributed by atoms with E-state index in [1.165, 1.54) is 0 Å². The van der Waals surface area contributed by atoms with Gasteiger partial charge in [-0.2, -0.15) is 0 Å². The number of carbonyl (C=O) groups is 1. The minimum absolute atomic E-state index is 0.219. The van der Waals surface area contributed by atoms with E-state index >= 15 is 0 Å². The van der Waals surface area contributed by atoms with Crippen molar-refractivity contribution in [2.75, 3.05) is 19.6 Å². The number of hydrogen-bond acceptors (Lipinski definition) is 3. The predicted molar refractivity (Wildman–Crippen MR) is 80.7 cm³/mol. The Morgan fingerprint density at radius 2 is 1.95 bits per heavy atom. The van der Waals surface area contributed by atoms with E-state index in [-0.39, 0.29) is 6.10 Å². The van der Waals surface area contributed by atoms with Crippen LogP contribution >= 0.6 is 0 Å². The van der Waals surface area contributed by atoms with Gasteiger partial charge in [0.2, 0.25) is 0 Å². The van der Waals surface area contributed by atoms with Gasteiger partial charge in [0, 0.05) is 6.54 Å². The normalized spacial score (nSPS) is 22.1. The highest BCUT2D eigenvalue weighted by molar-refractivity contribution is 5.68. The predicted octanol–water partition coefficient (Wildman–Crippen LogP) is 2.24. The molecule has 0 amide bonds. The molecule has 0 spiro atoms. The summed E-state index contributed by atoms with van der Waals surface area (Å²) in [5.74, 6) is 0.408. The number of piperidine rings is 1. The summed E-state index contributed by atoms with van der Waals surface area (Å²) >= 11 is 0. The average Bonchev–Trinajstić information content (AvgIpc) is 2.48. The van der Waals surface area contributed by atoms with Crippen LogP contribution in [-0.4, -0.2) is 42.0 Å². The van der Waals surface area contributed by atoms with Crippen LogP contribution in [0.15, 0.2) is 30.3 Å². The zero-order valence-corrected chi connectivity index (χ0v) is 12.5. The molecule has 0 saturated carbocycles. The highest BCUT2D eigenvalue weighted by Gasteiger charge is 2.31. The van der Waals surface area contributed by atoms with Crippen LogP contribution in [0.25, 0.3) is 0 Å².